The molecule has 0 saturated heterocycles. The fourth-order valence-electron chi connectivity index (χ4n) is 1.79. The van der Waals surface area contributed by atoms with Gasteiger partial charge in [0.1, 0.15) is 0 Å². The first kappa shape index (κ1) is 12.6. The van der Waals surface area contributed by atoms with Crippen LogP contribution in [0, 0.1) is 5.92 Å². The predicted octanol–water partition coefficient (Wildman–Crippen LogP) is 1.51. The number of fused-ring (bicyclic) bond motifs is 1. The first-order valence-electron chi connectivity index (χ1n) is 6.01. The third-order valence-corrected chi connectivity index (χ3v) is 3.09. The van der Waals surface area contributed by atoms with E-state index in [-0.39, 0.29) is 11.8 Å². The van der Waals surface area contributed by atoms with E-state index in [1.54, 1.807) is 18.3 Å². The third kappa shape index (κ3) is 2.51. The molecule has 0 fully saturated rings. The summed E-state index contributed by atoms with van der Waals surface area (Å²) in [6.07, 6.45) is 2.11. The van der Waals surface area contributed by atoms with E-state index in [4.69, 9.17) is 5.73 Å². The Hall–Kier alpha value is -1.88. The summed E-state index contributed by atoms with van der Waals surface area (Å²) in [7, 11) is 1.78. The summed E-state index contributed by atoms with van der Waals surface area (Å²) in [4.78, 5) is 20.9. The Bertz CT molecular complexity index is 549. The van der Waals surface area contributed by atoms with Crippen LogP contribution >= 0.6 is 0 Å². The van der Waals surface area contributed by atoms with Crippen molar-refractivity contribution in [1.82, 2.24) is 9.97 Å². The fraction of sp³-hybridized carbons (Fsp3) is 0.385. The number of nitrogens with two attached hydrogens (primary N) is 1. The molecule has 0 saturated carbocycles. The van der Waals surface area contributed by atoms with Crippen LogP contribution in [0.15, 0.2) is 24.5 Å². The highest BCUT2D eigenvalue weighted by molar-refractivity contribution is 5.94. The maximum Gasteiger partial charge on any atom is 0.227 e. The largest absolute Gasteiger partial charge is 0.345 e. The van der Waals surface area contributed by atoms with Crippen LogP contribution in [0.4, 0.5) is 5.69 Å². The molecule has 0 aliphatic heterocycles. The molecule has 0 aliphatic rings. The van der Waals surface area contributed by atoms with Crippen molar-refractivity contribution in [2.24, 2.45) is 11.7 Å². The number of rotatable bonds is 4. The van der Waals surface area contributed by atoms with Crippen LogP contribution in [-0.4, -0.2) is 29.5 Å². The van der Waals surface area contributed by atoms with Gasteiger partial charge in [0, 0.05) is 19.2 Å². The minimum absolute atomic E-state index is 0.0758. The molecule has 1 amide bonds. The van der Waals surface area contributed by atoms with Crippen LogP contribution < -0.4 is 10.6 Å². The molecule has 5 nitrogen and oxygen atoms in total. The summed E-state index contributed by atoms with van der Waals surface area (Å²) in [6.45, 7) is 2.50. The van der Waals surface area contributed by atoms with Gasteiger partial charge in [0.05, 0.1) is 17.4 Å². The Morgan fingerprint density at radius 3 is 3.06 bits per heavy atom. The van der Waals surface area contributed by atoms with Gasteiger partial charge in [-0.25, -0.2) is 4.98 Å². The number of carbonyl (C=O) groups is 1. The van der Waals surface area contributed by atoms with E-state index in [1.165, 1.54) is 0 Å². The van der Waals surface area contributed by atoms with Crippen LogP contribution in [0.5, 0.6) is 0 Å². The molecular weight excluding hydrogens is 228 g/mol. The third-order valence-electron chi connectivity index (χ3n) is 3.09. The monoisotopic (exact) mass is 246 g/mol. The lowest BCUT2D eigenvalue weighted by Gasteiger charge is -2.19. The number of carbonyl (C=O) groups excluding carboxylic acids is 1. The van der Waals surface area contributed by atoms with Gasteiger partial charge in [-0.15, -0.1) is 0 Å². The van der Waals surface area contributed by atoms with Gasteiger partial charge in [-0.3, -0.25) is 4.79 Å². The Balaban J connectivity index is 2.16. The van der Waals surface area contributed by atoms with Crippen LogP contribution in [0.25, 0.3) is 11.0 Å². The number of aromatic nitrogens is 2. The molecule has 0 aliphatic carbocycles. The maximum absolute atomic E-state index is 12.0. The van der Waals surface area contributed by atoms with Gasteiger partial charge in [-0.05, 0) is 30.7 Å². The molecule has 1 unspecified atom stereocenters. The summed E-state index contributed by atoms with van der Waals surface area (Å²) < 4.78 is 0. The van der Waals surface area contributed by atoms with Crippen LogP contribution in [0.2, 0.25) is 0 Å². The molecular formula is C13H18N4O. The molecule has 2 rings (SSSR count). The van der Waals surface area contributed by atoms with E-state index < -0.39 is 0 Å². The number of aromatic amines is 1. The van der Waals surface area contributed by atoms with E-state index in [0.29, 0.717) is 13.0 Å². The van der Waals surface area contributed by atoms with Gasteiger partial charge in [-0.1, -0.05) is 6.92 Å². The Morgan fingerprint density at radius 2 is 2.33 bits per heavy atom. The predicted molar refractivity (Wildman–Crippen MR) is 72.3 cm³/mol. The molecule has 1 aromatic heterocycles. The Morgan fingerprint density at radius 1 is 1.56 bits per heavy atom. The highest BCUT2D eigenvalue weighted by Crippen LogP contribution is 2.20. The number of hydrogen-bond donors (Lipinski definition) is 2. The van der Waals surface area contributed by atoms with Gasteiger partial charge in [0.2, 0.25) is 5.91 Å². The second-order valence-electron chi connectivity index (χ2n) is 4.60. The van der Waals surface area contributed by atoms with Crippen molar-refractivity contribution >= 4 is 22.6 Å². The molecule has 0 spiro atoms. The average molecular weight is 246 g/mol. The lowest BCUT2D eigenvalue weighted by molar-refractivity contribution is -0.119. The van der Waals surface area contributed by atoms with Gasteiger partial charge < -0.3 is 15.6 Å². The Labute approximate surface area is 106 Å². The fourth-order valence-corrected chi connectivity index (χ4v) is 1.79. The van der Waals surface area contributed by atoms with Gasteiger partial charge in [0.15, 0.2) is 0 Å². The van der Waals surface area contributed by atoms with Crippen LogP contribution in [0.1, 0.15) is 13.3 Å². The number of nitrogens with zero attached hydrogens (tertiary/aromatic N) is 2. The van der Waals surface area contributed by atoms with E-state index in [1.807, 2.05) is 25.1 Å². The lowest BCUT2D eigenvalue weighted by atomic mass is 10.1. The second kappa shape index (κ2) is 5.18. The Kier molecular flexibility index (Phi) is 3.62. The zero-order valence-electron chi connectivity index (χ0n) is 10.7. The lowest BCUT2D eigenvalue weighted by Crippen LogP contribution is -2.29. The van der Waals surface area contributed by atoms with Crippen molar-refractivity contribution in [1.29, 1.82) is 0 Å². The zero-order valence-corrected chi connectivity index (χ0v) is 10.7. The van der Waals surface area contributed by atoms with E-state index >= 15 is 0 Å². The standard InChI is InChI=1S/C13H18N4O/c1-9(7-14)5-13(18)17(2)10-3-4-11-12(6-10)16-8-15-11/h3-4,6,8-9H,5,7,14H2,1-2H3,(H,15,16). The first-order chi connectivity index (χ1) is 8.61. The SMILES string of the molecule is CC(CN)CC(=O)N(C)c1ccc2nc[nH]c2c1. The molecule has 3 N–H and O–H groups in total. The number of benzene rings is 1. The van der Waals surface area contributed by atoms with Crippen LogP contribution in [-0.2, 0) is 4.79 Å². The normalized spacial score (nSPS) is 12.6. The number of hydrogen-bond acceptors (Lipinski definition) is 3. The van der Waals surface area contributed by atoms with E-state index in [2.05, 4.69) is 9.97 Å². The minimum atomic E-state index is 0.0758. The number of imidazole rings is 1. The number of amides is 1. The van der Waals surface area contributed by atoms with E-state index in [9.17, 15) is 4.79 Å². The molecule has 0 radical (unpaired) electrons. The molecule has 1 heterocycles. The molecule has 2 aromatic rings. The summed E-state index contributed by atoms with van der Waals surface area (Å²) in [5.74, 6) is 0.280. The molecule has 5 heteroatoms. The molecule has 0 bridgehead atoms. The number of nitrogens with one attached hydrogen (secondary N) is 1. The summed E-state index contributed by atoms with van der Waals surface area (Å²) >= 11 is 0. The molecule has 1 aromatic carbocycles. The van der Waals surface area contributed by atoms with Crippen molar-refractivity contribution < 1.29 is 4.79 Å². The highest BCUT2D eigenvalue weighted by Gasteiger charge is 2.14. The second-order valence-corrected chi connectivity index (χ2v) is 4.60. The van der Waals surface area contributed by atoms with Crippen molar-refractivity contribution in [2.75, 3.05) is 18.5 Å². The average Bonchev–Trinajstić information content (AvgIpc) is 2.84. The number of H-pyrrole nitrogens is 1. The molecule has 1 atom stereocenters. The first-order valence-corrected chi connectivity index (χ1v) is 6.01. The smallest absolute Gasteiger partial charge is 0.227 e. The topological polar surface area (TPSA) is 75.0 Å². The van der Waals surface area contributed by atoms with Crippen molar-refractivity contribution in [3.05, 3.63) is 24.5 Å². The maximum atomic E-state index is 12.0. The van der Waals surface area contributed by atoms with Crippen molar-refractivity contribution in [2.45, 2.75) is 13.3 Å². The summed E-state index contributed by atoms with van der Waals surface area (Å²) in [5.41, 5.74) is 8.23. The minimum Gasteiger partial charge on any atom is -0.345 e. The number of anilines is 1. The quantitative estimate of drug-likeness (QED) is 0.858. The van der Waals surface area contributed by atoms with Crippen molar-refractivity contribution in [3.63, 3.8) is 0 Å². The van der Waals surface area contributed by atoms with Crippen molar-refractivity contribution in [3.8, 4) is 0 Å². The molecule has 96 valence electrons. The summed E-state index contributed by atoms with van der Waals surface area (Å²) in [6, 6.07) is 5.72. The van der Waals surface area contributed by atoms with Gasteiger partial charge in [-0.2, -0.15) is 0 Å². The van der Waals surface area contributed by atoms with Gasteiger partial charge in [0.25, 0.3) is 0 Å². The highest BCUT2D eigenvalue weighted by atomic mass is 16.2. The molecule has 18 heavy (non-hydrogen) atoms. The van der Waals surface area contributed by atoms with Gasteiger partial charge >= 0.3 is 0 Å². The van der Waals surface area contributed by atoms with Crippen LogP contribution in [0.3, 0.4) is 0 Å². The summed E-state index contributed by atoms with van der Waals surface area (Å²) in [5, 5.41) is 0. The van der Waals surface area contributed by atoms with E-state index in [0.717, 1.165) is 16.7 Å². The zero-order chi connectivity index (χ0) is 13.1.